The first-order valence-corrected chi connectivity index (χ1v) is 6.72. The summed E-state index contributed by atoms with van der Waals surface area (Å²) >= 11 is 0. The summed E-state index contributed by atoms with van der Waals surface area (Å²) in [4.78, 5) is 2.36. The molecule has 14 heavy (non-hydrogen) atoms. The Bertz CT molecular complexity index is 280. The molecule has 1 nitrogen and oxygen atoms in total. The first kappa shape index (κ1) is 11.7. The predicted octanol–water partition coefficient (Wildman–Crippen LogP) is 3.90. The minimum Gasteiger partial charge on any atom is -0.250 e. The van der Waals surface area contributed by atoms with E-state index in [1.54, 1.807) is 0 Å². The van der Waals surface area contributed by atoms with Gasteiger partial charge >= 0.3 is 0 Å². The van der Waals surface area contributed by atoms with Gasteiger partial charge in [-0.15, -0.1) is 0 Å². The molecule has 0 radical (unpaired) electrons. The largest absolute Gasteiger partial charge is 0.250 e. The Morgan fingerprint density at radius 1 is 0.786 bits per heavy atom. The molecule has 0 fully saturated rings. The minimum absolute atomic E-state index is 0.799. The summed E-state index contributed by atoms with van der Waals surface area (Å²) in [5, 5.41) is 0. The molecule has 0 aromatic carbocycles. The molecule has 0 aromatic heterocycles. The van der Waals surface area contributed by atoms with Gasteiger partial charge in [0.2, 0.25) is 0 Å². The fourth-order valence-corrected chi connectivity index (χ4v) is 4.02. The molecule has 1 rings (SSSR count). The highest BCUT2D eigenvalue weighted by Gasteiger charge is 2.26. The minimum atomic E-state index is -0.799. The molecule has 2 heteroatoms. The molecular formula is C12H20OS. The third-order valence-electron chi connectivity index (χ3n) is 2.83. The normalized spacial score (nSPS) is 18.6. The quantitative estimate of drug-likeness (QED) is 0.691. The predicted molar refractivity (Wildman–Crippen MR) is 63.4 cm³/mol. The highest BCUT2D eigenvalue weighted by molar-refractivity contribution is 7.93. The van der Waals surface area contributed by atoms with Crippen molar-refractivity contribution in [3.63, 3.8) is 0 Å². The van der Waals surface area contributed by atoms with Crippen LogP contribution in [-0.2, 0) is 10.8 Å². The second-order valence-electron chi connectivity index (χ2n) is 3.49. The molecule has 0 spiro atoms. The third kappa shape index (κ3) is 1.72. The summed E-state index contributed by atoms with van der Waals surface area (Å²) in [6.07, 6.45) is 3.93. The molecule has 0 saturated carbocycles. The van der Waals surface area contributed by atoms with Gasteiger partial charge in [0.1, 0.15) is 0 Å². The molecule has 1 heterocycles. The van der Waals surface area contributed by atoms with E-state index in [9.17, 15) is 4.21 Å². The average molecular weight is 212 g/mol. The lowest BCUT2D eigenvalue weighted by molar-refractivity contribution is 0.688. The van der Waals surface area contributed by atoms with Gasteiger partial charge in [0.15, 0.2) is 0 Å². The van der Waals surface area contributed by atoms with Crippen molar-refractivity contribution in [1.29, 1.82) is 0 Å². The lowest BCUT2D eigenvalue weighted by Gasteiger charge is -2.05. The van der Waals surface area contributed by atoms with E-state index in [1.165, 1.54) is 21.0 Å². The molecule has 1 aliphatic heterocycles. The molecule has 0 amide bonds. The van der Waals surface area contributed by atoms with Crippen LogP contribution in [0.25, 0.3) is 0 Å². The van der Waals surface area contributed by atoms with Gasteiger partial charge in [-0.25, -0.2) is 4.21 Å². The van der Waals surface area contributed by atoms with Crippen molar-refractivity contribution in [1.82, 2.24) is 0 Å². The van der Waals surface area contributed by atoms with Crippen molar-refractivity contribution in [3.8, 4) is 0 Å². The van der Waals surface area contributed by atoms with Crippen LogP contribution in [0, 0.1) is 0 Å². The van der Waals surface area contributed by atoms with Crippen LogP contribution in [0.15, 0.2) is 21.0 Å². The van der Waals surface area contributed by atoms with Crippen LogP contribution in [0.1, 0.15) is 53.4 Å². The molecular weight excluding hydrogens is 192 g/mol. The number of rotatable bonds is 4. The topological polar surface area (TPSA) is 17.1 Å². The van der Waals surface area contributed by atoms with Gasteiger partial charge in [-0.1, -0.05) is 27.7 Å². The van der Waals surface area contributed by atoms with Crippen molar-refractivity contribution in [2.24, 2.45) is 0 Å². The van der Waals surface area contributed by atoms with E-state index in [-0.39, 0.29) is 0 Å². The fourth-order valence-electron chi connectivity index (χ4n) is 2.22. The average Bonchev–Trinajstić information content (AvgIpc) is 2.48. The second kappa shape index (κ2) is 4.92. The summed E-state index contributed by atoms with van der Waals surface area (Å²) in [6, 6.07) is 0. The number of hydrogen-bond donors (Lipinski definition) is 0. The van der Waals surface area contributed by atoms with Crippen molar-refractivity contribution < 1.29 is 4.21 Å². The summed E-state index contributed by atoms with van der Waals surface area (Å²) in [6.45, 7) is 8.54. The molecule has 0 atom stereocenters. The Labute approximate surface area is 89.7 Å². The molecule has 0 unspecified atom stereocenters. The second-order valence-corrected chi connectivity index (χ2v) is 5.01. The highest BCUT2D eigenvalue weighted by Crippen LogP contribution is 2.39. The van der Waals surface area contributed by atoms with Crippen molar-refractivity contribution in [3.05, 3.63) is 21.0 Å². The van der Waals surface area contributed by atoms with Gasteiger partial charge in [-0.05, 0) is 36.8 Å². The van der Waals surface area contributed by atoms with Gasteiger partial charge in [0, 0.05) is 9.81 Å². The van der Waals surface area contributed by atoms with Crippen LogP contribution in [0.5, 0.6) is 0 Å². The van der Waals surface area contributed by atoms with Gasteiger partial charge < -0.3 is 0 Å². The maximum absolute atomic E-state index is 12.1. The maximum atomic E-state index is 12.1. The summed E-state index contributed by atoms with van der Waals surface area (Å²) in [5.74, 6) is 0. The Kier molecular flexibility index (Phi) is 4.11. The zero-order valence-electron chi connectivity index (χ0n) is 9.64. The Balaban J connectivity index is 3.20. The lowest BCUT2D eigenvalue weighted by Crippen LogP contribution is -1.92. The number of allylic oxidation sites excluding steroid dienone is 4. The van der Waals surface area contributed by atoms with E-state index in [0.717, 1.165) is 25.7 Å². The lowest BCUT2D eigenvalue weighted by atomic mass is 9.99. The van der Waals surface area contributed by atoms with E-state index in [4.69, 9.17) is 0 Å². The maximum Gasteiger partial charge on any atom is 0.0772 e. The van der Waals surface area contributed by atoms with Crippen LogP contribution in [0.3, 0.4) is 0 Å². The monoisotopic (exact) mass is 212 g/mol. The van der Waals surface area contributed by atoms with E-state index in [0.29, 0.717) is 0 Å². The summed E-state index contributed by atoms with van der Waals surface area (Å²) < 4.78 is 12.1. The van der Waals surface area contributed by atoms with E-state index in [1.807, 2.05) is 0 Å². The zero-order chi connectivity index (χ0) is 10.7. The smallest absolute Gasteiger partial charge is 0.0772 e. The third-order valence-corrected chi connectivity index (χ3v) is 4.80. The SMILES string of the molecule is CCC1=C(CC)S(=O)C(CC)=C1CC. The first-order chi connectivity index (χ1) is 6.71. The van der Waals surface area contributed by atoms with Gasteiger partial charge in [-0.3, -0.25) is 0 Å². The van der Waals surface area contributed by atoms with Crippen LogP contribution in [0.2, 0.25) is 0 Å². The Morgan fingerprint density at radius 3 is 1.36 bits per heavy atom. The van der Waals surface area contributed by atoms with Crippen LogP contribution in [-0.4, -0.2) is 4.21 Å². The van der Waals surface area contributed by atoms with Gasteiger partial charge in [0.05, 0.1) is 10.8 Å². The summed E-state index contributed by atoms with van der Waals surface area (Å²) in [7, 11) is -0.799. The van der Waals surface area contributed by atoms with Gasteiger partial charge in [-0.2, -0.15) is 0 Å². The highest BCUT2D eigenvalue weighted by atomic mass is 32.2. The van der Waals surface area contributed by atoms with Crippen LogP contribution >= 0.6 is 0 Å². The zero-order valence-corrected chi connectivity index (χ0v) is 10.5. The van der Waals surface area contributed by atoms with E-state index < -0.39 is 10.8 Å². The number of hydrogen-bond acceptors (Lipinski definition) is 1. The van der Waals surface area contributed by atoms with Crippen LogP contribution in [0.4, 0.5) is 0 Å². The van der Waals surface area contributed by atoms with Crippen molar-refractivity contribution in [2.75, 3.05) is 0 Å². The standard InChI is InChI=1S/C12H20OS/c1-5-9-10(6-2)12(8-4)14(13)11(9)7-3/h5-8H2,1-4H3. The van der Waals surface area contributed by atoms with Crippen molar-refractivity contribution >= 4 is 10.8 Å². The van der Waals surface area contributed by atoms with E-state index in [2.05, 4.69) is 27.7 Å². The molecule has 80 valence electrons. The van der Waals surface area contributed by atoms with Crippen LogP contribution < -0.4 is 0 Å². The Morgan fingerprint density at radius 2 is 1.14 bits per heavy atom. The first-order valence-electron chi connectivity index (χ1n) is 5.57. The molecule has 0 aromatic rings. The fraction of sp³-hybridized carbons (Fsp3) is 0.667. The van der Waals surface area contributed by atoms with E-state index >= 15 is 0 Å². The molecule has 0 bridgehead atoms. The molecule has 0 N–H and O–H groups in total. The molecule has 0 saturated heterocycles. The molecule has 1 aliphatic rings. The Hall–Kier alpha value is -0.370. The molecule has 0 aliphatic carbocycles. The van der Waals surface area contributed by atoms with Gasteiger partial charge in [0.25, 0.3) is 0 Å². The van der Waals surface area contributed by atoms with Crippen molar-refractivity contribution in [2.45, 2.75) is 53.4 Å². The summed E-state index contributed by atoms with van der Waals surface area (Å²) in [5.41, 5.74) is 2.76.